The summed E-state index contributed by atoms with van der Waals surface area (Å²) in [5.41, 5.74) is 5.06. The first-order chi connectivity index (χ1) is 19.4. The Morgan fingerprint density at radius 3 is 2.73 bits per heavy atom. The standard InChI is InChI=1S/C30H36N8O2/c1-36(2)10-6-9-25(39)16-21-15-22(18-26(17-21)40-4)28-27-20-31-35-29(27)34-30(33-28)32-23-7-5-8-24(19-23)38-13-11-37(3)12-14-38/h5-9,15,17-20H,10-14,16H2,1-4H3,(H2,31,32,33,34,35)/b9-6+. The van der Waals surface area contributed by atoms with Crippen LogP contribution in [0.15, 0.2) is 60.8 Å². The molecule has 0 radical (unpaired) electrons. The number of aromatic amines is 1. The molecule has 1 aliphatic rings. The number of nitrogens with zero attached hydrogens (tertiary/aromatic N) is 6. The molecular formula is C30H36N8O2. The average Bonchev–Trinajstić information content (AvgIpc) is 3.41. The average molecular weight is 541 g/mol. The zero-order valence-corrected chi connectivity index (χ0v) is 23.5. The van der Waals surface area contributed by atoms with E-state index in [1.54, 1.807) is 19.4 Å². The summed E-state index contributed by atoms with van der Waals surface area (Å²) in [6, 6.07) is 14.1. The van der Waals surface area contributed by atoms with Gasteiger partial charge in [0.25, 0.3) is 0 Å². The third-order valence-corrected chi connectivity index (χ3v) is 6.91. The molecule has 10 heteroatoms. The van der Waals surface area contributed by atoms with E-state index >= 15 is 0 Å². The van der Waals surface area contributed by atoms with Crippen molar-refractivity contribution in [3.05, 3.63) is 66.4 Å². The second-order valence-corrected chi connectivity index (χ2v) is 10.4. The molecule has 2 N–H and O–H groups in total. The van der Waals surface area contributed by atoms with Crippen molar-refractivity contribution in [2.75, 3.05) is 71.2 Å². The summed E-state index contributed by atoms with van der Waals surface area (Å²) in [6.07, 6.45) is 5.49. The van der Waals surface area contributed by atoms with E-state index in [4.69, 9.17) is 9.72 Å². The van der Waals surface area contributed by atoms with Gasteiger partial charge in [-0.2, -0.15) is 10.1 Å². The highest BCUT2D eigenvalue weighted by molar-refractivity contribution is 5.93. The monoisotopic (exact) mass is 540 g/mol. The summed E-state index contributed by atoms with van der Waals surface area (Å²) in [4.78, 5) is 28.9. The molecule has 1 aliphatic heterocycles. The number of aromatic nitrogens is 4. The second-order valence-electron chi connectivity index (χ2n) is 10.4. The predicted octanol–water partition coefficient (Wildman–Crippen LogP) is 3.75. The van der Waals surface area contributed by atoms with Crippen molar-refractivity contribution >= 4 is 34.1 Å². The smallest absolute Gasteiger partial charge is 0.229 e. The van der Waals surface area contributed by atoms with Gasteiger partial charge in [-0.3, -0.25) is 9.89 Å². The molecule has 4 aromatic rings. The summed E-state index contributed by atoms with van der Waals surface area (Å²) < 4.78 is 5.58. The first kappa shape index (κ1) is 27.3. The summed E-state index contributed by atoms with van der Waals surface area (Å²) in [7, 11) is 7.71. The van der Waals surface area contributed by atoms with Crippen LogP contribution in [0.4, 0.5) is 17.3 Å². The molecule has 2 aromatic carbocycles. The minimum Gasteiger partial charge on any atom is -0.497 e. The van der Waals surface area contributed by atoms with E-state index in [0.29, 0.717) is 29.6 Å². The van der Waals surface area contributed by atoms with Gasteiger partial charge in [-0.25, -0.2) is 4.98 Å². The number of rotatable bonds is 10. The van der Waals surface area contributed by atoms with Crippen LogP contribution in [0, 0.1) is 0 Å². The minimum absolute atomic E-state index is 0.0276. The van der Waals surface area contributed by atoms with Crippen LogP contribution in [-0.4, -0.2) is 96.7 Å². The lowest BCUT2D eigenvalue weighted by Crippen LogP contribution is -2.44. The second kappa shape index (κ2) is 12.3. The fourth-order valence-corrected chi connectivity index (χ4v) is 4.76. The van der Waals surface area contributed by atoms with E-state index in [0.717, 1.165) is 48.4 Å². The molecular weight excluding hydrogens is 504 g/mol. The zero-order chi connectivity index (χ0) is 28.1. The Balaban J connectivity index is 1.43. The molecule has 40 heavy (non-hydrogen) atoms. The van der Waals surface area contributed by atoms with Crippen LogP contribution >= 0.6 is 0 Å². The van der Waals surface area contributed by atoms with Gasteiger partial charge in [0.15, 0.2) is 11.4 Å². The summed E-state index contributed by atoms with van der Waals surface area (Å²) >= 11 is 0. The molecule has 2 aromatic heterocycles. The Kier molecular flexibility index (Phi) is 8.37. The number of fused-ring (bicyclic) bond motifs is 1. The van der Waals surface area contributed by atoms with Gasteiger partial charge in [0.1, 0.15) is 5.75 Å². The van der Waals surface area contributed by atoms with Gasteiger partial charge in [-0.1, -0.05) is 12.1 Å². The maximum absolute atomic E-state index is 12.6. The molecule has 10 nitrogen and oxygen atoms in total. The zero-order valence-electron chi connectivity index (χ0n) is 23.5. The van der Waals surface area contributed by atoms with Crippen LogP contribution in [0.2, 0.25) is 0 Å². The minimum atomic E-state index is 0.0276. The third kappa shape index (κ3) is 6.64. The van der Waals surface area contributed by atoms with Gasteiger partial charge in [0.2, 0.25) is 5.95 Å². The fraction of sp³-hybridized carbons (Fsp3) is 0.333. The summed E-state index contributed by atoms with van der Waals surface area (Å²) in [5.74, 6) is 1.14. The third-order valence-electron chi connectivity index (χ3n) is 6.91. The maximum Gasteiger partial charge on any atom is 0.229 e. The lowest BCUT2D eigenvalue weighted by Gasteiger charge is -2.34. The number of allylic oxidation sites excluding steroid dienone is 1. The van der Waals surface area contributed by atoms with Crippen LogP contribution in [0.1, 0.15) is 5.56 Å². The molecule has 3 heterocycles. The van der Waals surface area contributed by atoms with Gasteiger partial charge >= 0.3 is 0 Å². The van der Waals surface area contributed by atoms with E-state index in [1.807, 2.05) is 55.4 Å². The first-order valence-electron chi connectivity index (χ1n) is 13.4. The number of piperazine rings is 1. The van der Waals surface area contributed by atoms with E-state index in [2.05, 4.69) is 49.5 Å². The van der Waals surface area contributed by atoms with Crippen molar-refractivity contribution < 1.29 is 9.53 Å². The Hall–Kier alpha value is -4.28. The number of methoxy groups -OCH3 is 1. The van der Waals surface area contributed by atoms with Gasteiger partial charge < -0.3 is 24.8 Å². The molecule has 0 aliphatic carbocycles. The topological polar surface area (TPSA) is 103 Å². The molecule has 0 spiro atoms. The molecule has 1 fully saturated rings. The van der Waals surface area contributed by atoms with Crippen LogP contribution in [-0.2, 0) is 11.2 Å². The number of anilines is 3. The molecule has 1 saturated heterocycles. The van der Waals surface area contributed by atoms with Crippen LogP contribution < -0.4 is 15.0 Å². The van der Waals surface area contributed by atoms with Gasteiger partial charge in [-0.05, 0) is 69.2 Å². The maximum atomic E-state index is 12.6. The van der Waals surface area contributed by atoms with Crippen LogP contribution in [0.25, 0.3) is 22.3 Å². The van der Waals surface area contributed by atoms with Crippen molar-refractivity contribution in [2.24, 2.45) is 0 Å². The van der Waals surface area contributed by atoms with Crippen molar-refractivity contribution in [2.45, 2.75) is 6.42 Å². The highest BCUT2D eigenvalue weighted by Gasteiger charge is 2.17. The Bertz CT molecular complexity index is 1500. The number of H-pyrrole nitrogens is 1. The molecule has 208 valence electrons. The molecule has 0 atom stereocenters. The predicted molar refractivity (Wildman–Crippen MR) is 160 cm³/mol. The number of ether oxygens (including phenoxy) is 1. The van der Waals surface area contributed by atoms with Crippen molar-refractivity contribution in [3.8, 4) is 17.0 Å². The van der Waals surface area contributed by atoms with Crippen molar-refractivity contribution in [1.29, 1.82) is 0 Å². The van der Waals surface area contributed by atoms with Crippen molar-refractivity contribution in [1.82, 2.24) is 30.0 Å². The lowest BCUT2D eigenvalue weighted by atomic mass is 10.0. The SMILES string of the molecule is COc1cc(CC(=O)/C=C/CN(C)C)cc(-c2nc(Nc3cccc(N4CCN(C)CC4)c3)nc3[nH]ncc23)c1. The molecule has 5 rings (SSSR count). The number of carbonyl (C=O) groups is 1. The summed E-state index contributed by atoms with van der Waals surface area (Å²) in [6.45, 7) is 4.78. The number of hydrogen-bond acceptors (Lipinski definition) is 9. The quantitative estimate of drug-likeness (QED) is 0.291. The van der Waals surface area contributed by atoms with Gasteiger partial charge in [0, 0.05) is 56.1 Å². The van der Waals surface area contributed by atoms with Gasteiger partial charge in [0.05, 0.1) is 24.4 Å². The number of ketones is 1. The number of carbonyl (C=O) groups excluding carboxylic acids is 1. The van der Waals surface area contributed by atoms with E-state index in [9.17, 15) is 4.79 Å². The molecule has 0 amide bonds. The number of benzene rings is 2. The molecule has 0 saturated carbocycles. The highest BCUT2D eigenvalue weighted by atomic mass is 16.5. The van der Waals surface area contributed by atoms with Crippen LogP contribution in [0.5, 0.6) is 5.75 Å². The lowest BCUT2D eigenvalue weighted by molar-refractivity contribution is -0.114. The Morgan fingerprint density at radius 1 is 1.12 bits per heavy atom. The number of hydrogen-bond donors (Lipinski definition) is 2. The molecule has 0 unspecified atom stereocenters. The van der Waals surface area contributed by atoms with Crippen LogP contribution in [0.3, 0.4) is 0 Å². The number of nitrogens with one attached hydrogen (secondary N) is 2. The summed E-state index contributed by atoms with van der Waals surface area (Å²) in [5, 5.41) is 11.4. The highest BCUT2D eigenvalue weighted by Crippen LogP contribution is 2.31. The van der Waals surface area contributed by atoms with E-state index in [-0.39, 0.29) is 12.2 Å². The van der Waals surface area contributed by atoms with Gasteiger partial charge in [-0.15, -0.1) is 0 Å². The van der Waals surface area contributed by atoms with Crippen molar-refractivity contribution in [3.63, 3.8) is 0 Å². The fourth-order valence-electron chi connectivity index (χ4n) is 4.76. The Labute approximate surface area is 234 Å². The number of likely N-dealkylation sites (N-methyl/N-ethyl adjacent to an activating group) is 2. The normalized spacial score (nSPS) is 14.4. The van der Waals surface area contributed by atoms with E-state index in [1.165, 1.54) is 5.69 Å². The Morgan fingerprint density at radius 2 is 1.95 bits per heavy atom. The largest absolute Gasteiger partial charge is 0.497 e. The van der Waals surface area contributed by atoms with E-state index < -0.39 is 0 Å². The first-order valence-corrected chi connectivity index (χ1v) is 13.4. The molecule has 0 bridgehead atoms.